The zero-order valence-corrected chi connectivity index (χ0v) is 22.0. The van der Waals surface area contributed by atoms with Crippen LogP contribution in [0.4, 0.5) is 0 Å². The number of thioether (sulfide) groups is 1. The second-order valence-corrected chi connectivity index (χ2v) is 12.1. The summed E-state index contributed by atoms with van der Waals surface area (Å²) in [5.74, 6) is 2.79. The molecule has 176 valence electrons. The summed E-state index contributed by atoms with van der Waals surface area (Å²) in [7, 11) is 0. The minimum absolute atomic E-state index is 0.117. The van der Waals surface area contributed by atoms with E-state index in [4.69, 9.17) is 11.2 Å². The molecule has 0 saturated heterocycles. The number of ether oxygens (including phenoxy) is 1. The lowest BCUT2D eigenvalue weighted by Gasteiger charge is -2.42. The van der Waals surface area contributed by atoms with Crippen molar-refractivity contribution in [2.45, 2.75) is 95.1 Å². The average Bonchev–Trinajstić information content (AvgIpc) is 2.74. The van der Waals surface area contributed by atoms with Crippen molar-refractivity contribution < 1.29 is 9.53 Å². The molecule has 0 N–H and O–H groups in total. The number of hydrogen-bond donors (Lipinski definition) is 0. The molecule has 3 heteroatoms. The fraction of sp³-hybridized carbons (Fsp3) is 0.500. The molecule has 2 aromatic carbocycles. The van der Waals surface area contributed by atoms with Crippen molar-refractivity contribution in [3.63, 3.8) is 0 Å². The first kappa shape index (κ1) is 25.4. The molecular formula is C30H38O2S. The van der Waals surface area contributed by atoms with Crippen LogP contribution in [0, 0.1) is 12.3 Å². The third kappa shape index (κ3) is 6.04. The summed E-state index contributed by atoms with van der Waals surface area (Å²) in [4.78, 5) is 13.0. The van der Waals surface area contributed by atoms with E-state index in [9.17, 15) is 4.79 Å². The smallest absolute Gasteiger partial charge is 0.305 e. The summed E-state index contributed by atoms with van der Waals surface area (Å²) in [6, 6.07) is 11.4. The molecule has 33 heavy (non-hydrogen) atoms. The van der Waals surface area contributed by atoms with Gasteiger partial charge >= 0.3 is 5.97 Å². The van der Waals surface area contributed by atoms with E-state index in [0.29, 0.717) is 13.0 Å². The van der Waals surface area contributed by atoms with Gasteiger partial charge in [0.1, 0.15) is 0 Å². The van der Waals surface area contributed by atoms with Gasteiger partial charge in [-0.3, -0.25) is 4.79 Å². The number of hydrogen-bond acceptors (Lipinski definition) is 3. The Morgan fingerprint density at radius 3 is 2.52 bits per heavy atom. The molecule has 2 nitrogen and oxygen atoms in total. The number of benzene rings is 2. The van der Waals surface area contributed by atoms with Crippen LogP contribution in [-0.4, -0.2) is 17.3 Å². The van der Waals surface area contributed by atoms with Crippen LogP contribution in [0.3, 0.4) is 0 Å². The highest BCUT2D eigenvalue weighted by molar-refractivity contribution is 8.00. The number of unbranched alkanes of at least 4 members (excludes halogenated alkanes) is 1. The first-order valence-electron chi connectivity index (χ1n) is 12.2. The lowest BCUT2D eigenvalue weighted by molar-refractivity contribution is -0.143. The van der Waals surface area contributed by atoms with Gasteiger partial charge in [0, 0.05) is 21.6 Å². The highest BCUT2D eigenvalue weighted by Gasteiger charge is 2.38. The minimum atomic E-state index is -0.117. The summed E-state index contributed by atoms with van der Waals surface area (Å²) in [5, 5.41) is 0. The zero-order valence-electron chi connectivity index (χ0n) is 21.1. The molecule has 0 bridgehead atoms. The maximum absolute atomic E-state index is 11.6. The molecule has 0 amide bonds. The molecule has 2 aromatic rings. The Morgan fingerprint density at radius 2 is 1.85 bits per heavy atom. The van der Waals surface area contributed by atoms with Crippen LogP contribution in [-0.2, 0) is 27.8 Å². The Labute approximate surface area is 204 Å². The van der Waals surface area contributed by atoms with Crippen LogP contribution >= 0.6 is 11.8 Å². The van der Waals surface area contributed by atoms with Gasteiger partial charge in [0.15, 0.2) is 0 Å². The van der Waals surface area contributed by atoms with Gasteiger partial charge in [-0.1, -0.05) is 52.7 Å². The Kier molecular flexibility index (Phi) is 8.01. The summed E-state index contributed by atoms with van der Waals surface area (Å²) >= 11 is 2.01. The van der Waals surface area contributed by atoms with Gasteiger partial charge in [-0.25, -0.2) is 0 Å². The monoisotopic (exact) mass is 462 g/mol. The highest BCUT2D eigenvalue weighted by Crippen LogP contribution is 2.52. The molecule has 0 spiro atoms. The fourth-order valence-corrected chi connectivity index (χ4v) is 6.88. The molecule has 0 radical (unpaired) electrons. The van der Waals surface area contributed by atoms with Gasteiger partial charge in [0.05, 0.1) is 6.61 Å². The van der Waals surface area contributed by atoms with Gasteiger partial charge in [0.25, 0.3) is 0 Å². The van der Waals surface area contributed by atoms with Crippen molar-refractivity contribution in [3.05, 3.63) is 52.6 Å². The summed E-state index contributed by atoms with van der Waals surface area (Å²) in [5.41, 5.74) is 7.60. The number of aryl methyl sites for hydroxylation is 2. The number of esters is 1. The molecule has 0 aromatic heterocycles. The Hall–Kier alpha value is -2.18. The number of terminal acetylenes is 1. The number of carbonyl (C=O) groups excluding carboxylic acids is 1. The second-order valence-electron chi connectivity index (χ2n) is 10.3. The first-order valence-corrected chi connectivity index (χ1v) is 13.0. The molecule has 0 aliphatic carbocycles. The van der Waals surface area contributed by atoms with Crippen LogP contribution in [0.15, 0.2) is 35.2 Å². The third-order valence-electron chi connectivity index (χ3n) is 6.53. The van der Waals surface area contributed by atoms with Crippen LogP contribution in [0.1, 0.15) is 89.5 Å². The molecule has 0 unspecified atom stereocenters. The van der Waals surface area contributed by atoms with E-state index in [1.807, 2.05) is 18.7 Å². The summed E-state index contributed by atoms with van der Waals surface area (Å²) in [6.45, 7) is 14.0. The number of carbonyl (C=O) groups is 1. The quantitative estimate of drug-likeness (QED) is 0.228. The number of fused-ring (bicyclic) bond motifs is 1. The van der Waals surface area contributed by atoms with Gasteiger partial charge in [-0.05, 0) is 90.5 Å². The molecule has 1 heterocycles. The summed E-state index contributed by atoms with van der Waals surface area (Å²) < 4.78 is 5.26. The van der Waals surface area contributed by atoms with Crippen LogP contribution in [0.5, 0.6) is 0 Å². The Balaban J connectivity index is 1.88. The Bertz CT molecular complexity index is 1060. The van der Waals surface area contributed by atoms with Gasteiger partial charge in [0.2, 0.25) is 0 Å². The summed E-state index contributed by atoms with van der Waals surface area (Å²) in [6.07, 6.45) is 11.2. The third-order valence-corrected chi connectivity index (χ3v) is 7.78. The molecule has 0 saturated carbocycles. The van der Waals surface area contributed by atoms with E-state index in [1.54, 1.807) is 0 Å². The fourth-order valence-electron chi connectivity index (χ4n) is 5.20. The average molecular weight is 463 g/mol. The van der Waals surface area contributed by atoms with Crippen LogP contribution in [0.2, 0.25) is 0 Å². The molecule has 1 aliphatic heterocycles. The lowest BCUT2D eigenvalue weighted by atomic mass is 9.75. The van der Waals surface area contributed by atoms with Gasteiger partial charge in [-0.15, -0.1) is 18.2 Å². The predicted octanol–water partition coefficient (Wildman–Crippen LogP) is 7.73. The maximum atomic E-state index is 11.6. The van der Waals surface area contributed by atoms with Crippen molar-refractivity contribution in [1.82, 2.24) is 0 Å². The topological polar surface area (TPSA) is 26.3 Å². The molecule has 0 atom stereocenters. The van der Waals surface area contributed by atoms with E-state index in [-0.39, 0.29) is 16.1 Å². The van der Waals surface area contributed by atoms with Crippen molar-refractivity contribution in [1.29, 1.82) is 0 Å². The Morgan fingerprint density at radius 1 is 1.09 bits per heavy atom. The van der Waals surface area contributed by atoms with E-state index >= 15 is 0 Å². The van der Waals surface area contributed by atoms with Crippen molar-refractivity contribution in [3.8, 4) is 23.5 Å². The van der Waals surface area contributed by atoms with Crippen molar-refractivity contribution in [2.24, 2.45) is 0 Å². The lowest BCUT2D eigenvalue weighted by Crippen LogP contribution is -2.33. The van der Waals surface area contributed by atoms with Gasteiger partial charge in [-0.2, -0.15) is 0 Å². The van der Waals surface area contributed by atoms with Crippen LogP contribution < -0.4 is 0 Å². The molecule has 0 fully saturated rings. The van der Waals surface area contributed by atoms with Gasteiger partial charge < -0.3 is 4.74 Å². The van der Waals surface area contributed by atoms with Crippen molar-refractivity contribution in [2.75, 3.05) is 6.61 Å². The molecular weight excluding hydrogens is 424 g/mol. The second kappa shape index (κ2) is 10.4. The van der Waals surface area contributed by atoms with Crippen LogP contribution in [0.25, 0.3) is 11.1 Å². The SMILES string of the molecule is C#Cc1cc(-c2cc3c(cc2CC)SC(C)(C)CC3(C)C)ccc1CCCCC(=O)OCC. The van der Waals surface area contributed by atoms with E-state index in [2.05, 4.69) is 70.9 Å². The van der Waals surface area contributed by atoms with E-state index in [1.165, 1.54) is 32.7 Å². The number of rotatable bonds is 8. The molecule has 3 rings (SSSR count). The normalized spacial score (nSPS) is 16.0. The van der Waals surface area contributed by atoms with Crippen molar-refractivity contribution >= 4 is 17.7 Å². The largest absolute Gasteiger partial charge is 0.466 e. The van der Waals surface area contributed by atoms with E-state index in [0.717, 1.165) is 37.7 Å². The predicted molar refractivity (Wildman–Crippen MR) is 141 cm³/mol. The first-order chi connectivity index (χ1) is 15.6. The molecule has 1 aliphatic rings. The maximum Gasteiger partial charge on any atom is 0.305 e. The standard InChI is InChI=1S/C30H38O2S/c1-8-21-17-24(16-15-23(21)13-11-12-14-28(31)32-10-3)25-19-26-27(18-22(25)9-2)33-30(6,7)20-29(26,4)5/h1,15-19H,9-14,20H2,2-7H3. The van der Waals surface area contributed by atoms with E-state index < -0.39 is 0 Å². The highest BCUT2D eigenvalue weighted by atomic mass is 32.2. The minimum Gasteiger partial charge on any atom is -0.466 e. The zero-order chi connectivity index (χ0) is 24.2.